The van der Waals surface area contributed by atoms with E-state index in [1.807, 2.05) is 30.3 Å². The number of thioether (sulfide) groups is 1. The van der Waals surface area contributed by atoms with Gasteiger partial charge in [-0.05, 0) is 30.5 Å². The molecule has 2 amide bonds. The first-order valence-corrected chi connectivity index (χ1v) is 13.8. The van der Waals surface area contributed by atoms with Crippen LogP contribution in [0, 0.1) is 11.3 Å². The third kappa shape index (κ3) is 5.14. The number of carbonyl (C=O) groups is 3. The highest BCUT2D eigenvalue weighted by Gasteiger charge is 2.41. The minimum absolute atomic E-state index is 0.0117. The molecule has 39 heavy (non-hydrogen) atoms. The number of primary amides is 1. The molecule has 0 saturated heterocycles. The number of rotatable bonds is 7. The Morgan fingerprint density at radius 3 is 2.62 bits per heavy atom. The van der Waals surface area contributed by atoms with Crippen molar-refractivity contribution in [2.75, 3.05) is 16.0 Å². The molecule has 5 N–H and O–H groups in total. The molecule has 1 atom stereocenters. The molecule has 1 aliphatic heterocycles. The van der Waals surface area contributed by atoms with Crippen LogP contribution in [0.1, 0.15) is 41.1 Å². The second kappa shape index (κ2) is 11.1. The summed E-state index contributed by atoms with van der Waals surface area (Å²) in [7, 11) is 0. The maximum atomic E-state index is 13.2. The van der Waals surface area contributed by atoms with Crippen LogP contribution in [0.2, 0.25) is 0 Å². The average Bonchev–Trinajstić information content (AvgIpc) is 3.40. The predicted octanol–water partition coefficient (Wildman–Crippen LogP) is 3.67. The van der Waals surface area contributed by atoms with Gasteiger partial charge in [-0.1, -0.05) is 65.6 Å². The number of para-hydroxylation sites is 1. The zero-order valence-electron chi connectivity index (χ0n) is 20.6. The Morgan fingerprint density at radius 2 is 1.87 bits per heavy atom. The molecule has 10 nitrogen and oxygen atoms in total. The summed E-state index contributed by atoms with van der Waals surface area (Å²) < 4.78 is 0.504. The highest BCUT2D eigenvalue weighted by molar-refractivity contribution is 8.01. The standard InChI is InChI=1S/C27H23N7O3S2/c28-13-17-22(15-7-2-1-3-8-15)23-19(11-6-12-20(23)35)34(24(17)29)26-32-33-27(39-26)38-14-21(36)31-18-10-5-4-9-16(18)25(30)37/h1-5,7-10,22H,6,11-12,14,29H2,(H2,30,37)(H,31,36). The van der Waals surface area contributed by atoms with Crippen LogP contribution in [0.25, 0.3) is 0 Å². The van der Waals surface area contributed by atoms with Crippen LogP contribution < -0.4 is 21.7 Å². The van der Waals surface area contributed by atoms with Gasteiger partial charge in [-0.3, -0.25) is 19.3 Å². The first kappa shape index (κ1) is 26.1. The maximum absolute atomic E-state index is 13.2. The number of anilines is 2. The molecule has 3 aromatic rings. The second-order valence-electron chi connectivity index (χ2n) is 8.82. The van der Waals surface area contributed by atoms with Gasteiger partial charge in [-0.15, -0.1) is 10.2 Å². The van der Waals surface area contributed by atoms with Crippen molar-refractivity contribution in [3.05, 3.63) is 88.4 Å². The van der Waals surface area contributed by atoms with Crippen LogP contribution in [-0.2, 0) is 9.59 Å². The molecule has 12 heteroatoms. The van der Waals surface area contributed by atoms with Gasteiger partial charge in [0.2, 0.25) is 11.0 Å². The Balaban J connectivity index is 1.40. The lowest BCUT2D eigenvalue weighted by atomic mass is 9.76. The molecule has 0 radical (unpaired) electrons. The van der Waals surface area contributed by atoms with E-state index in [0.717, 1.165) is 11.3 Å². The Morgan fingerprint density at radius 1 is 1.13 bits per heavy atom. The molecule has 2 aromatic carbocycles. The number of hydrogen-bond donors (Lipinski definition) is 3. The van der Waals surface area contributed by atoms with E-state index < -0.39 is 11.8 Å². The Kier molecular flexibility index (Phi) is 7.44. The highest BCUT2D eigenvalue weighted by atomic mass is 32.2. The quantitative estimate of drug-likeness (QED) is 0.367. The van der Waals surface area contributed by atoms with Crippen molar-refractivity contribution in [3.8, 4) is 6.07 Å². The Bertz CT molecular complexity index is 1570. The fraction of sp³-hybridized carbons (Fsp3) is 0.185. The van der Waals surface area contributed by atoms with Gasteiger partial charge < -0.3 is 16.8 Å². The number of Topliss-reactive ketones (excluding diaryl/α,β-unsaturated/α-hetero) is 1. The van der Waals surface area contributed by atoms with E-state index in [4.69, 9.17) is 11.5 Å². The molecular weight excluding hydrogens is 534 g/mol. The van der Waals surface area contributed by atoms with E-state index in [-0.39, 0.29) is 34.4 Å². The molecule has 5 rings (SSSR count). The molecule has 2 heterocycles. The number of benzene rings is 2. The van der Waals surface area contributed by atoms with Crippen molar-refractivity contribution in [3.63, 3.8) is 0 Å². The van der Waals surface area contributed by atoms with E-state index in [9.17, 15) is 19.6 Å². The van der Waals surface area contributed by atoms with Crippen molar-refractivity contribution < 1.29 is 14.4 Å². The lowest BCUT2D eigenvalue weighted by Crippen LogP contribution is -2.38. The van der Waals surface area contributed by atoms with E-state index in [0.29, 0.717) is 40.0 Å². The third-order valence-corrected chi connectivity index (χ3v) is 8.47. The number of hydrogen-bond acceptors (Lipinski definition) is 10. The maximum Gasteiger partial charge on any atom is 0.250 e. The number of nitrogens with one attached hydrogen (secondary N) is 1. The topological polar surface area (TPSA) is 168 Å². The second-order valence-corrected chi connectivity index (χ2v) is 11.0. The summed E-state index contributed by atoms with van der Waals surface area (Å²) in [5.41, 5.74) is 14.9. The van der Waals surface area contributed by atoms with Crippen LogP contribution in [0.15, 0.2) is 81.6 Å². The van der Waals surface area contributed by atoms with Crippen molar-refractivity contribution in [2.24, 2.45) is 11.5 Å². The van der Waals surface area contributed by atoms with Gasteiger partial charge in [0.1, 0.15) is 5.82 Å². The predicted molar refractivity (Wildman–Crippen MR) is 149 cm³/mol. The summed E-state index contributed by atoms with van der Waals surface area (Å²) in [6.07, 6.45) is 1.67. The smallest absolute Gasteiger partial charge is 0.250 e. The number of nitrogens with two attached hydrogens (primary N) is 2. The summed E-state index contributed by atoms with van der Waals surface area (Å²) in [5, 5.41) is 21.7. The van der Waals surface area contributed by atoms with Crippen molar-refractivity contribution in [1.29, 1.82) is 5.26 Å². The molecule has 0 bridgehead atoms. The summed E-state index contributed by atoms with van der Waals surface area (Å²) in [5.74, 6) is -1.30. The molecule has 2 aliphatic rings. The van der Waals surface area contributed by atoms with Crippen LogP contribution in [0.4, 0.5) is 10.8 Å². The zero-order valence-corrected chi connectivity index (χ0v) is 22.2. The largest absolute Gasteiger partial charge is 0.384 e. The minimum Gasteiger partial charge on any atom is -0.384 e. The summed E-state index contributed by atoms with van der Waals surface area (Å²) in [4.78, 5) is 39.0. The summed E-state index contributed by atoms with van der Waals surface area (Å²) in [6.45, 7) is 0. The summed E-state index contributed by atoms with van der Waals surface area (Å²) in [6, 6.07) is 18.1. The number of carbonyl (C=O) groups excluding carboxylic acids is 3. The van der Waals surface area contributed by atoms with Crippen molar-refractivity contribution >= 4 is 51.5 Å². The number of nitriles is 1. The van der Waals surface area contributed by atoms with Gasteiger partial charge in [0.25, 0.3) is 5.91 Å². The summed E-state index contributed by atoms with van der Waals surface area (Å²) >= 11 is 2.38. The van der Waals surface area contributed by atoms with Crippen molar-refractivity contribution in [2.45, 2.75) is 29.5 Å². The van der Waals surface area contributed by atoms with Crippen LogP contribution in [-0.4, -0.2) is 33.5 Å². The SMILES string of the molecule is N#CC1=C(N)N(c2nnc(SCC(=O)Nc3ccccc3C(N)=O)s2)C2=C(C(=O)CCC2)C1c1ccccc1. The fourth-order valence-corrected chi connectivity index (χ4v) is 6.44. The van der Waals surface area contributed by atoms with Gasteiger partial charge in [-0.2, -0.15) is 5.26 Å². The normalized spacial score (nSPS) is 17.1. The Labute approximate surface area is 232 Å². The van der Waals surface area contributed by atoms with Crippen LogP contribution >= 0.6 is 23.1 Å². The number of allylic oxidation sites excluding steroid dienone is 3. The molecule has 1 aromatic heterocycles. The van der Waals surface area contributed by atoms with E-state index in [2.05, 4.69) is 21.6 Å². The monoisotopic (exact) mass is 557 g/mol. The minimum atomic E-state index is -0.638. The van der Waals surface area contributed by atoms with Gasteiger partial charge >= 0.3 is 0 Å². The lowest BCUT2D eigenvalue weighted by molar-refractivity contribution is -0.116. The first-order valence-electron chi connectivity index (χ1n) is 12.0. The number of amides is 2. The molecule has 1 unspecified atom stereocenters. The molecule has 0 spiro atoms. The molecule has 196 valence electrons. The molecule has 0 saturated carbocycles. The van der Waals surface area contributed by atoms with Crippen LogP contribution in [0.5, 0.6) is 0 Å². The van der Waals surface area contributed by atoms with E-state index in [1.165, 1.54) is 29.2 Å². The lowest BCUT2D eigenvalue weighted by Gasteiger charge is -2.38. The molecule has 1 aliphatic carbocycles. The van der Waals surface area contributed by atoms with E-state index in [1.54, 1.807) is 23.1 Å². The van der Waals surface area contributed by atoms with Gasteiger partial charge in [0.05, 0.1) is 34.6 Å². The average molecular weight is 558 g/mol. The first-order chi connectivity index (χ1) is 18.9. The zero-order chi connectivity index (χ0) is 27.5. The Hall–Kier alpha value is -4.47. The number of aromatic nitrogens is 2. The highest BCUT2D eigenvalue weighted by Crippen LogP contribution is 2.47. The number of nitrogens with zero attached hydrogens (tertiary/aromatic N) is 4. The van der Waals surface area contributed by atoms with Crippen LogP contribution in [0.3, 0.4) is 0 Å². The van der Waals surface area contributed by atoms with Crippen molar-refractivity contribution in [1.82, 2.24) is 10.2 Å². The molecular formula is C27H23N7O3S2. The number of ketones is 1. The third-order valence-electron chi connectivity index (χ3n) is 6.43. The van der Waals surface area contributed by atoms with E-state index >= 15 is 0 Å². The fourth-order valence-electron chi connectivity index (χ4n) is 4.76. The molecule has 0 fully saturated rings. The van der Waals surface area contributed by atoms with Gasteiger partial charge in [0.15, 0.2) is 10.1 Å². The van der Waals surface area contributed by atoms with Gasteiger partial charge in [-0.25, -0.2) is 0 Å². The van der Waals surface area contributed by atoms with Gasteiger partial charge in [0, 0.05) is 17.7 Å².